The number of hydrogen-bond acceptors (Lipinski definition) is 3. The van der Waals surface area contributed by atoms with Crippen LogP contribution in [0.15, 0.2) is 24.7 Å². The van der Waals surface area contributed by atoms with Gasteiger partial charge in [0.1, 0.15) is 12.1 Å². The summed E-state index contributed by atoms with van der Waals surface area (Å²) < 4.78 is 2.08. The Kier molecular flexibility index (Phi) is 4.80. The average Bonchev–Trinajstić information content (AvgIpc) is 3.01. The minimum atomic E-state index is 0.428. The summed E-state index contributed by atoms with van der Waals surface area (Å²) >= 11 is 0. The standard InChI is InChI=1S/C21H28N4/c1-7-17(8-2)24-21-20(16(6)23-18-11-22-12-25(18)21)19-14(4)9-13(3)10-15(19)5/h9-12,17,24H,7-8H2,1-6H3. The molecule has 132 valence electrons. The van der Waals surface area contributed by atoms with Gasteiger partial charge in [0.15, 0.2) is 5.65 Å². The van der Waals surface area contributed by atoms with Crippen molar-refractivity contribution in [1.29, 1.82) is 0 Å². The Morgan fingerprint density at radius 3 is 2.24 bits per heavy atom. The first-order valence-electron chi connectivity index (χ1n) is 9.13. The highest BCUT2D eigenvalue weighted by Gasteiger charge is 2.20. The Labute approximate surface area is 150 Å². The van der Waals surface area contributed by atoms with Crippen molar-refractivity contribution in [1.82, 2.24) is 14.4 Å². The maximum atomic E-state index is 4.80. The van der Waals surface area contributed by atoms with Crippen LogP contribution >= 0.6 is 0 Å². The first-order chi connectivity index (χ1) is 12.0. The number of anilines is 1. The van der Waals surface area contributed by atoms with Crippen LogP contribution < -0.4 is 5.32 Å². The molecule has 1 aromatic carbocycles. The molecule has 25 heavy (non-hydrogen) atoms. The van der Waals surface area contributed by atoms with Gasteiger partial charge in [0.2, 0.25) is 0 Å². The quantitative estimate of drug-likeness (QED) is 0.693. The molecule has 0 bridgehead atoms. The Morgan fingerprint density at radius 1 is 1.00 bits per heavy atom. The van der Waals surface area contributed by atoms with Crippen molar-refractivity contribution in [3.05, 3.63) is 47.0 Å². The molecule has 0 radical (unpaired) electrons. The van der Waals surface area contributed by atoms with Crippen molar-refractivity contribution in [2.75, 3.05) is 5.32 Å². The van der Waals surface area contributed by atoms with E-state index in [0.29, 0.717) is 6.04 Å². The third-order valence-electron chi connectivity index (χ3n) is 4.99. The molecule has 3 aromatic rings. The zero-order valence-corrected chi connectivity index (χ0v) is 16.1. The van der Waals surface area contributed by atoms with Crippen LogP contribution in [0.3, 0.4) is 0 Å². The zero-order valence-electron chi connectivity index (χ0n) is 16.1. The minimum Gasteiger partial charge on any atom is -0.368 e. The monoisotopic (exact) mass is 336 g/mol. The molecule has 0 saturated carbocycles. The molecule has 2 heterocycles. The molecule has 0 unspecified atom stereocenters. The second-order valence-corrected chi connectivity index (χ2v) is 6.97. The minimum absolute atomic E-state index is 0.428. The number of benzene rings is 1. The molecule has 3 rings (SSSR count). The van der Waals surface area contributed by atoms with Crippen molar-refractivity contribution < 1.29 is 0 Å². The van der Waals surface area contributed by atoms with Crippen LogP contribution in [0.2, 0.25) is 0 Å². The van der Waals surface area contributed by atoms with Gasteiger partial charge in [0.05, 0.1) is 11.9 Å². The molecular weight excluding hydrogens is 308 g/mol. The molecule has 0 fully saturated rings. The van der Waals surface area contributed by atoms with Gasteiger partial charge in [0, 0.05) is 11.6 Å². The summed E-state index contributed by atoms with van der Waals surface area (Å²) in [6.45, 7) is 13.1. The van der Waals surface area contributed by atoms with Crippen molar-refractivity contribution in [2.45, 2.75) is 60.4 Å². The largest absolute Gasteiger partial charge is 0.368 e. The SMILES string of the molecule is CCC(CC)Nc1c(-c2c(C)cc(C)cc2C)c(C)nc2cncn12. The van der Waals surface area contributed by atoms with E-state index in [9.17, 15) is 0 Å². The van der Waals surface area contributed by atoms with E-state index in [-0.39, 0.29) is 0 Å². The van der Waals surface area contributed by atoms with E-state index < -0.39 is 0 Å². The van der Waals surface area contributed by atoms with Gasteiger partial charge in [-0.2, -0.15) is 0 Å². The van der Waals surface area contributed by atoms with Gasteiger partial charge in [0.25, 0.3) is 0 Å². The van der Waals surface area contributed by atoms with Gasteiger partial charge in [-0.15, -0.1) is 0 Å². The summed E-state index contributed by atoms with van der Waals surface area (Å²) in [6, 6.07) is 4.93. The highest BCUT2D eigenvalue weighted by molar-refractivity contribution is 5.83. The van der Waals surface area contributed by atoms with Gasteiger partial charge in [-0.25, -0.2) is 9.97 Å². The van der Waals surface area contributed by atoms with E-state index in [0.717, 1.165) is 30.0 Å². The second kappa shape index (κ2) is 6.87. The van der Waals surface area contributed by atoms with Crippen LogP contribution in [0.4, 0.5) is 5.82 Å². The number of hydrogen-bond donors (Lipinski definition) is 1. The number of nitrogens with zero attached hydrogens (tertiary/aromatic N) is 3. The first-order valence-corrected chi connectivity index (χ1v) is 9.13. The summed E-state index contributed by atoms with van der Waals surface area (Å²) in [5, 5.41) is 3.77. The predicted molar refractivity (Wildman–Crippen MR) is 105 cm³/mol. The maximum absolute atomic E-state index is 4.80. The lowest BCUT2D eigenvalue weighted by molar-refractivity contribution is 0.667. The number of imidazole rings is 1. The second-order valence-electron chi connectivity index (χ2n) is 6.97. The highest BCUT2D eigenvalue weighted by Crippen LogP contribution is 2.37. The number of nitrogens with one attached hydrogen (secondary N) is 1. The van der Waals surface area contributed by atoms with Crippen LogP contribution in [-0.4, -0.2) is 20.4 Å². The third-order valence-corrected chi connectivity index (χ3v) is 4.99. The molecule has 4 heteroatoms. The van der Waals surface area contributed by atoms with E-state index in [2.05, 4.69) is 68.4 Å². The smallest absolute Gasteiger partial charge is 0.158 e. The van der Waals surface area contributed by atoms with Gasteiger partial charge in [-0.05, 0) is 57.2 Å². The van der Waals surface area contributed by atoms with Crippen molar-refractivity contribution >= 4 is 11.5 Å². The van der Waals surface area contributed by atoms with Crippen molar-refractivity contribution in [2.24, 2.45) is 0 Å². The molecule has 2 aromatic heterocycles. The average molecular weight is 336 g/mol. The Morgan fingerprint density at radius 2 is 1.64 bits per heavy atom. The Balaban J connectivity index is 2.32. The fraction of sp³-hybridized carbons (Fsp3) is 0.429. The lowest BCUT2D eigenvalue weighted by Gasteiger charge is -2.23. The molecule has 0 aliphatic carbocycles. The molecule has 0 atom stereocenters. The zero-order chi connectivity index (χ0) is 18.1. The van der Waals surface area contributed by atoms with E-state index in [1.165, 1.54) is 27.8 Å². The fourth-order valence-electron chi connectivity index (χ4n) is 3.76. The van der Waals surface area contributed by atoms with E-state index in [4.69, 9.17) is 4.98 Å². The molecule has 0 saturated heterocycles. The number of rotatable bonds is 5. The molecule has 0 amide bonds. The van der Waals surface area contributed by atoms with Crippen LogP contribution in [0.5, 0.6) is 0 Å². The van der Waals surface area contributed by atoms with E-state index >= 15 is 0 Å². The van der Waals surface area contributed by atoms with E-state index in [1.54, 1.807) is 0 Å². The van der Waals surface area contributed by atoms with E-state index in [1.807, 2.05) is 12.5 Å². The van der Waals surface area contributed by atoms with Crippen LogP contribution in [-0.2, 0) is 0 Å². The van der Waals surface area contributed by atoms with Gasteiger partial charge in [-0.1, -0.05) is 31.5 Å². The number of aromatic nitrogens is 3. The third kappa shape index (κ3) is 3.13. The summed E-state index contributed by atoms with van der Waals surface area (Å²) in [7, 11) is 0. The van der Waals surface area contributed by atoms with Crippen molar-refractivity contribution in [3.63, 3.8) is 0 Å². The van der Waals surface area contributed by atoms with Crippen molar-refractivity contribution in [3.8, 4) is 11.1 Å². The first kappa shape index (κ1) is 17.5. The maximum Gasteiger partial charge on any atom is 0.158 e. The molecule has 4 nitrogen and oxygen atoms in total. The van der Waals surface area contributed by atoms with Gasteiger partial charge in [-0.3, -0.25) is 4.40 Å². The molecule has 0 aliphatic heterocycles. The van der Waals surface area contributed by atoms with Crippen LogP contribution in [0.1, 0.15) is 49.1 Å². The molecule has 1 N–H and O–H groups in total. The lowest BCUT2D eigenvalue weighted by Crippen LogP contribution is -2.20. The van der Waals surface area contributed by atoms with Crippen LogP contribution in [0.25, 0.3) is 16.8 Å². The predicted octanol–water partition coefficient (Wildman–Crippen LogP) is 5.23. The van der Waals surface area contributed by atoms with Crippen LogP contribution in [0, 0.1) is 27.7 Å². The van der Waals surface area contributed by atoms with Gasteiger partial charge >= 0.3 is 0 Å². The summed E-state index contributed by atoms with van der Waals surface area (Å²) in [5.74, 6) is 1.10. The molecule has 0 spiro atoms. The number of aryl methyl sites for hydroxylation is 4. The fourth-order valence-corrected chi connectivity index (χ4v) is 3.76. The lowest BCUT2D eigenvalue weighted by atomic mass is 9.93. The normalized spacial score (nSPS) is 11.5. The summed E-state index contributed by atoms with van der Waals surface area (Å²) in [4.78, 5) is 9.11. The topological polar surface area (TPSA) is 42.2 Å². The molecule has 0 aliphatic rings. The molecular formula is C21H28N4. The number of fused-ring (bicyclic) bond motifs is 1. The Bertz CT molecular complexity index is 881. The van der Waals surface area contributed by atoms with Gasteiger partial charge < -0.3 is 5.32 Å². The summed E-state index contributed by atoms with van der Waals surface area (Å²) in [5.41, 5.74) is 8.26. The highest BCUT2D eigenvalue weighted by atomic mass is 15.1. The summed E-state index contributed by atoms with van der Waals surface area (Å²) in [6.07, 6.45) is 5.84. The Hall–Kier alpha value is -2.36.